The van der Waals surface area contributed by atoms with Crippen LogP contribution in [0.4, 0.5) is 5.95 Å². The Balaban J connectivity index is 1.35. The Morgan fingerprint density at radius 3 is 2.67 bits per heavy atom. The van der Waals surface area contributed by atoms with Gasteiger partial charge in [0.1, 0.15) is 5.52 Å². The number of methoxy groups -OCH3 is 1. The number of rotatable bonds is 6. The molecule has 1 saturated heterocycles. The molecule has 4 aromatic rings. The average molecular weight is 444 g/mol. The molecular formula is C24H24N6O3. The lowest BCUT2D eigenvalue weighted by molar-refractivity contribution is 0.0950. The Labute approximate surface area is 190 Å². The second kappa shape index (κ2) is 9.23. The number of piperidine rings is 1. The highest BCUT2D eigenvalue weighted by molar-refractivity contribution is 6.00. The summed E-state index contributed by atoms with van der Waals surface area (Å²) in [6, 6.07) is 15.2. The van der Waals surface area contributed by atoms with Gasteiger partial charge in [0.2, 0.25) is 5.95 Å². The Kier molecular flexibility index (Phi) is 5.84. The van der Waals surface area contributed by atoms with Crippen LogP contribution in [0.3, 0.4) is 0 Å². The molecule has 0 atom stereocenters. The van der Waals surface area contributed by atoms with Gasteiger partial charge < -0.3 is 19.5 Å². The summed E-state index contributed by atoms with van der Waals surface area (Å²) in [5.74, 6) is 1.43. The average Bonchev–Trinajstić information content (AvgIpc) is 3.31. The zero-order valence-electron chi connectivity index (χ0n) is 18.3. The zero-order valence-corrected chi connectivity index (χ0v) is 18.3. The van der Waals surface area contributed by atoms with Crippen LogP contribution >= 0.6 is 0 Å². The van der Waals surface area contributed by atoms with Crippen molar-refractivity contribution in [3.8, 4) is 17.3 Å². The second-order valence-corrected chi connectivity index (χ2v) is 7.88. The first-order valence-electron chi connectivity index (χ1n) is 11.0. The van der Waals surface area contributed by atoms with E-state index in [0.29, 0.717) is 28.6 Å². The second-order valence-electron chi connectivity index (χ2n) is 7.88. The monoisotopic (exact) mass is 444 g/mol. The van der Waals surface area contributed by atoms with Crippen molar-refractivity contribution in [2.24, 2.45) is 0 Å². The van der Waals surface area contributed by atoms with Gasteiger partial charge in [-0.2, -0.15) is 15.0 Å². The summed E-state index contributed by atoms with van der Waals surface area (Å²) in [4.78, 5) is 28.3. The smallest absolute Gasteiger partial charge is 0.321 e. The van der Waals surface area contributed by atoms with E-state index in [4.69, 9.17) is 9.26 Å². The number of hydrogen-bond donors (Lipinski definition) is 1. The molecule has 33 heavy (non-hydrogen) atoms. The summed E-state index contributed by atoms with van der Waals surface area (Å²) in [5, 5.41) is 7.79. The van der Waals surface area contributed by atoms with Crippen molar-refractivity contribution in [1.29, 1.82) is 0 Å². The minimum Gasteiger partial charge on any atom is -0.467 e. The molecule has 1 fully saturated rings. The quantitative estimate of drug-likeness (QED) is 0.481. The van der Waals surface area contributed by atoms with Gasteiger partial charge in [-0.15, -0.1) is 0 Å². The lowest BCUT2D eigenvalue weighted by atomic mass is 10.1. The lowest BCUT2D eigenvalue weighted by Gasteiger charge is -2.26. The summed E-state index contributed by atoms with van der Waals surface area (Å²) >= 11 is 0. The topological polar surface area (TPSA) is 106 Å². The summed E-state index contributed by atoms with van der Waals surface area (Å²) in [6.45, 7) is 1.97. The van der Waals surface area contributed by atoms with E-state index in [0.717, 1.165) is 36.9 Å². The Morgan fingerprint density at radius 2 is 1.88 bits per heavy atom. The van der Waals surface area contributed by atoms with Gasteiger partial charge in [0.25, 0.3) is 5.91 Å². The minimum atomic E-state index is -0.240. The Morgan fingerprint density at radius 1 is 1.06 bits per heavy atom. The van der Waals surface area contributed by atoms with E-state index in [1.165, 1.54) is 13.5 Å². The molecule has 0 bridgehead atoms. The third-order valence-corrected chi connectivity index (χ3v) is 5.65. The molecular weight excluding hydrogens is 420 g/mol. The Hall–Kier alpha value is -4.01. The summed E-state index contributed by atoms with van der Waals surface area (Å²) in [7, 11) is 1.52. The molecule has 1 aliphatic rings. The molecule has 1 aliphatic heterocycles. The third kappa shape index (κ3) is 4.48. The van der Waals surface area contributed by atoms with Crippen LogP contribution in [0.25, 0.3) is 22.2 Å². The van der Waals surface area contributed by atoms with Crippen molar-refractivity contribution in [2.75, 3.05) is 25.1 Å². The van der Waals surface area contributed by atoms with Crippen molar-refractivity contribution < 1.29 is 14.1 Å². The number of nitrogens with zero attached hydrogens (tertiary/aromatic N) is 5. The fraction of sp³-hybridized carbons (Fsp3) is 0.292. The van der Waals surface area contributed by atoms with E-state index in [2.05, 4.69) is 30.3 Å². The molecule has 2 aromatic heterocycles. The molecule has 168 valence electrons. The van der Waals surface area contributed by atoms with Crippen LogP contribution < -0.4 is 15.0 Å². The number of amides is 1. The highest BCUT2D eigenvalue weighted by atomic mass is 16.5. The van der Waals surface area contributed by atoms with Gasteiger partial charge in [-0.05, 0) is 37.5 Å². The van der Waals surface area contributed by atoms with Crippen LogP contribution in [0.15, 0.2) is 53.1 Å². The van der Waals surface area contributed by atoms with Crippen LogP contribution in [0, 0.1) is 0 Å². The number of anilines is 1. The summed E-state index contributed by atoms with van der Waals surface area (Å²) in [6.07, 6.45) is 3.43. The molecule has 9 nitrogen and oxygen atoms in total. The number of hydrogen-bond acceptors (Lipinski definition) is 8. The fourth-order valence-corrected chi connectivity index (χ4v) is 3.93. The standard InChI is InChI=1S/C24H24N6O3/c1-32-24-27-20(26-23(28-24)30-12-6-3-7-13-30)15-25-22(31)17-10-11-19-18(14-17)21(33-29-19)16-8-4-2-5-9-16/h2,4-5,8-11,14H,3,6-7,12-13,15H2,1H3,(H,25,31). The molecule has 3 heterocycles. The van der Waals surface area contributed by atoms with Crippen molar-refractivity contribution >= 4 is 22.8 Å². The van der Waals surface area contributed by atoms with Crippen molar-refractivity contribution in [3.63, 3.8) is 0 Å². The first kappa shape index (κ1) is 20.9. The first-order chi connectivity index (χ1) is 16.2. The molecule has 0 saturated carbocycles. The van der Waals surface area contributed by atoms with Gasteiger partial charge in [-0.25, -0.2) is 0 Å². The lowest BCUT2D eigenvalue weighted by Crippen LogP contribution is -2.32. The van der Waals surface area contributed by atoms with Gasteiger partial charge in [0, 0.05) is 24.2 Å². The predicted molar refractivity (Wildman–Crippen MR) is 123 cm³/mol. The number of aromatic nitrogens is 4. The molecule has 9 heteroatoms. The van der Waals surface area contributed by atoms with Gasteiger partial charge in [-0.1, -0.05) is 35.5 Å². The SMILES string of the molecule is COc1nc(CNC(=O)c2ccc3noc(-c4ccccc4)c3c2)nc(N2CCCCC2)n1. The molecule has 1 amide bonds. The number of carbonyl (C=O) groups excluding carboxylic acids is 1. The van der Waals surface area contributed by atoms with Gasteiger partial charge >= 0.3 is 6.01 Å². The highest BCUT2D eigenvalue weighted by Gasteiger charge is 2.18. The molecule has 1 N–H and O–H groups in total. The van der Waals surface area contributed by atoms with E-state index in [-0.39, 0.29) is 18.5 Å². The molecule has 0 spiro atoms. The molecule has 0 radical (unpaired) electrons. The van der Waals surface area contributed by atoms with E-state index in [9.17, 15) is 4.79 Å². The number of carbonyl (C=O) groups is 1. The van der Waals surface area contributed by atoms with Crippen molar-refractivity contribution in [1.82, 2.24) is 25.4 Å². The van der Waals surface area contributed by atoms with Gasteiger partial charge in [-0.3, -0.25) is 4.79 Å². The highest BCUT2D eigenvalue weighted by Crippen LogP contribution is 2.29. The zero-order chi connectivity index (χ0) is 22.6. The number of benzene rings is 2. The van der Waals surface area contributed by atoms with Crippen LogP contribution in [-0.4, -0.2) is 46.2 Å². The maximum Gasteiger partial charge on any atom is 0.321 e. The summed E-state index contributed by atoms with van der Waals surface area (Å²) < 4.78 is 10.8. The van der Waals surface area contributed by atoms with Crippen LogP contribution in [-0.2, 0) is 6.54 Å². The fourth-order valence-electron chi connectivity index (χ4n) is 3.93. The third-order valence-electron chi connectivity index (χ3n) is 5.65. The molecule has 2 aromatic carbocycles. The molecule has 0 unspecified atom stereocenters. The Bertz CT molecular complexity index is 1270. The van der Waals surface area contributed by atoms with E-state index in [1.54, 1.807) is 18.2 Å². The van der Waals surface area contributed by atoms with Gasteiger partial charge in [0.05, 0.1) is 19.0 Å². The summed E-state index contributed by atoms with van der Waals surface area (Å²) in [5.41, 5.74) is 2.10. The van der Waals surface area contributed by atoms with E-state index in [1.807, 2.05) is 30.3 Å². The largest absolute Gasteiger partial charge is 0.467 e. The van der Waals surface area contributed by atoms with Crippen LogP contribution in [0.5, 0.6) is 6.01 Å². The van der Waals surface area contributed by atoms with Crippen LogP contribution in [0.2, 0.25) is 0 Å². The minimum absolute atomic E-state index is 0.159. The maximum absolute atomic E-state index is 12.9. The molecule has 0 aliphatic carbocycles. The maximum atomic E-state index is 12.9. The number of fused-ring (bicyclic) bond motifs is 1. The van der Waals surface area contributed by atoms with Crippen LogP contribution in [0.1, 0.15) is 35.4 Å². The van der Waals surface area contributed by atoms with E-state index >= 15 is 0 Å². The van der Waals surface area contributed by atoms with Gasteiger partial charge in [0.15, 0.2) is 11.6 Å². The predicted octanol–water partition coefficient (Wildman–Crippen LogP) is 3.61. The number of ether oxygens (including phenoxy) is 1. The molecule has 5 rings (SSSR count). The first-order valence-corrected chi connectivity index (χ1v) is 11.0. The van der Waals surface area contributed by atoms with Crippen molar-refractivity contribution in [2.45, 2.75) is 25.8 Å². The van der Waals surface area contributed by atoms with Crippen molar-refractivity contribution in [3.05, 3.63) is 59.9 Å². The number of nitrogens with one attached hydrogen (secondary N) is 1. The van der Waals surface area contributed by atoms with E-state index < -0.39 is 0 Å². The normalized spacial score (nSPS) is 13.8.